The van der Waals surface area contributed by atoms with Crippen LogP contribution in [0.1, 0.15) is 15.9 Å². The average molecular weight is 378 g/mol. The fraction of sp³-hybridized carbons (Fsp3) is 0.0952. The van der Waals surface area contributed by atoms with Gasteiger partial charge in [0.05, 0.1) is 19.6 Å². The maximum absolute atomic E-state index is 13.1. The molecule has 0 unspecified atom stereocenters. The molecule has 7 heteroatoms. The molecule has 0 atom stereocenters. The molecule has 0 fully saturated rings. The number of carbonyl (C=O) groups excluding carboxylic acids is 1. The Kier molecular flexibility index (Phi) is 4.19. The molecule has 0 spiro atoms. The number of benzene rings is 2. The summed E-state index contributed by atoms with van der Waals surface area (Å²) in [5.74, 6) is -0.277. The molecular formula is C21H14O7. The van der Waals surface area contributed by atoms with Crippen LogP contribution in [0, 0.1) is 0 Å². The topological polar surface area (TPSA) is 96.0 Å². The molecule has 0 bridgehead atoms. The maximum Gasteiger partial charge on any atom is 0.351 e. The number of ether oxygens (including phenoxy) is 2. The molecule has 4 aromatic rings. The van der Waals surface area contributed by atoms with Crippen molar-refractivity contribution in [2.24, 2.45) is 0 Å². The zero-order valence-electron chi connectivity index (χ0n) is 15.0. The van der Waals surface area contributed by atoms with Crippen molar-refractivity contribution >= 4 is 27.7 Å². The molecule has 0 aliphatic rings. The SMILES string of the molecule is COc1ccc2cc(C(=O)c3c(OC)c4ccccc4oc3=O)c(=O)oc2c1. The number of rotatable bonds is 4. The Morgan fingerprint density at radius 2 is 1.61 bits per heavy atom. The van der Waals surface area contributed by atoms with Crippen LogP contribution in [0.25, 0.3) is 21.9 Å². The number of hydrogen-bond donors (Lipinski definition) is 0. The zero-order valence-corrected chi connectivity index (χ0v) is 15.0. The van der Waals surface area contributed by atoms with E-state index in [1.807, 2.05) is 0 Å². The van der Waals surface area contributed by atoms with E-state index in [4.69, 9.17) is 18.3 Å². The molecule has 7 nitrogen and oxygen atoms in total. The van der Waals surface area contributed by atoms with Crippen molar-refractivity contribution in [3.8, 4) is 11.5 Å². The first-order chi connectivity index (χ1) is 13.5. The van der Waals surface area contributed by atoms with E-state index in [0.717, 1.165) is 0 Å². The first-order valence-electron chi connectivity index (χ1n) is 8.30. The van der Waals surface area contributed by atoms with Gasteiger partial charge < -0.3 is 18.3 Å². The molecule has 0 N–H and O–H groups in total. The van der Waals surface area contributed by atoms with Gasteiger partial charge in [-0.3, -0.25) is 4.79 Å². The Bertz CT molecular complexity index is 1340. The number of ketones is 1. The lowest BCUT2D eigenvalue weighted by Gasteiger charge is -2.09. The predicted molar refractivity (Wildman–Crippen MR) is 102 cm³/mol. The van der Waals surface area contributed by atoms with Crippen molar-refractivity contribution < 1.29 is 23.1 Å². The third-order valence-corrected chi connectivity index (χ3v) is 4.38. The minimum atomic E-state index is -0.894. The number of carbonyl (C=O) groups is 1. The number of hydrogen-bond acceptors (Lipinski definition) is 7. The Morgan fingerprint density at radius 3 is 2.36 bits per heavy atom. The van der Waals surface area contributed by atoms with Gasteiger partial charge in [0.2, 0.25) is 5.78 Å². The first kappa shape index (κ1) is 17.5. The molecular weight excluding hydrogens is 364 g/mol. The molecule has 28 heavy (non-hydrogen) atoms. The van der Waals surface area contributed by atoms with Crippen molar-refractivity contribution in [3.05, 3.63) is 80.5 Å². The van der Waals surface area contributed by atoms with Crippen molar-refractivity contribution in [2.45, 2.75) is 0 Å². The van der Waals surface area contributed by atoms with Crippen molar-refractivity contribution in [3.63, 3.8) is 0 Å². The molecule has 0 aliphatic carbocycles. The molecule has 4 rings (SSSR count). The van der Waals surface area contributed by atoms with Gasteiger partial charge in [-0.25, -0.2) is 9.59 Å². The first-order valence-corrected chi connectivity index (χ1v) is 8.30. The van der Waals surface area contributed by atoms with Gasteiger partial charge in [0.15, 0.2) is 5.56 Å². The summed E-state index contributed by atoms with van der Waals surface area (Å²) in [6, 6.07) is 12.9. The van der Waals surface area contributed by atoms with Gasteiger partial charge in [0.1, 0.15) is 28.2 Å². The summed E-state index contributed by atoms with van der Waals surface area (Å²) in [4.78, 5) is 37.9. The van der Waals surface area contributed by atoms with Crippen LogP contribution in [-0.2, 0) is 0 Å². The Hall–Kier alpha value is -3.87. The summed E-state index contributed by atoms with van der Waals surface area (Å²) < 4.78 is 20.9. The van der Waals surface area contributed by atoms with Gasteiger partial charge in [0, 0.05) is 11.5 Å². The molecule has 2 aromatic heterocycles. The lowest BCUT2D eigenvalue weighted by Crippen LogP contribution is -2.22. The van der Waals surface area contributed by atoms with Crippen LogP contribution >= 0.6 is 0 Å². The fourth-order valence-electron chi connectivity index (χ4n) is 3.04. The van der Waals surface area contributed by atoms with E-state index in [1.54, 1.807) is 36.4 Å². The van der Waals surface area contributed by atoms with Crippen LogP contribution < -0.4 is 20.7 Å². The third kappa shape index (κ3) is 2.73. The van der Waals surface area contributed by atoms with E-state index >= 15 is 0 Å². The number of methoxy groups -OCH3 is 2. The van der Waals surface area contributed by atoms with E-state index in [1.165, 1.54) is 26.4 Å². The molecule has 0 radical (unpaired) electrons. The average Bonchev–Trinajstić information content (AvgIpc) is 2.71. The van der Waals surface area contributed by atoms with Crippen LogP contribution in [0.2, 0.25) is 0 Å². The van der Waals surface area contributed by atoms with Crippen molar-refractivity contribution in [1.29, 1.82) is 0 Å². The molecule has 0 amide bonds. The summed E-state index contributed by atoms with van der Waals surface area (Å²) in [6.07, 6.45) is 0. The van der Waals surface area contributed by atoms with Crippen LogP contribution in [0.4, 0.5) is 0 Å². The van der Waals surface area contributed by atoms with E-state index < -0.39 is 17.0 Å². The number of para-hydroxylation sites is 1. The maximum atomic E-state index is 13.1. The van der Waals surface area contributed by atoms with Crippen LogP contribution in [0.15, 0.2) is 67.0 Å². The second-order valence-corrected chi connectivity index (χ2v) is 5.97. The predicted octanol–water partition coefficient (Wildman–Crippen LogP) is 3.15. The summed E-state index contributed by atoms with van der Waals surface area (Å²) in [7, 11) is 2.83. The zero-order chi connectivity index (χ0) is 19.8. The highest BCUT2D eigenvalue weighted by molar-refractivity contribution is 6.13. The van der Waals surface area contributed by atoms with Gasteiger partial charge in [-0.1, -0.05) is 12.1 Å². The van der Waals surface area contributed by atoms with E-state index in [-0.39, 0.29) is 28.0 Å². The van der Waals surface area contributed by atoms with Crippen LogP contribution in [-0.4, -0.2) is 20.0 Å². The largest absolute Gasteiger partial charge is 0.497 e. The molecule has 0 saturated heterocycles. The molecule has 2 aromatic carbocycles. The van der Waals surface area contributed by atoms with Crippen molar-refractivity contribution in [2.75, 3.05) is 14.2 Å². The Labute approximate surface area is 157 Å². The fourth-order valence-corrected chi connectivity index (χ4v) is 3.04. The van der Waals surface area contributed by atoms with Crippen molar-refractivity contribution in [1.82, 2.24) is 0 Å². The van der Waals surface area contributed by atoms with Crippen LogP contribution in [0.3, 0.4) is 0 Å². The van der Waals surface area contributed by atoms with Gasteiger partial charge in [-0.05, 0) is 30.3 Å². The quantitative estimate of drug-likeness (QED) is 0.397. The van der Waals surface area contributed by atoms with Gasteiger partial charge >= 0.3 is 11.3 Å². The molecule has 0 aliphatic heterocycles. The van der Waals surface area contributed by atoms with Crippen LogP contribution in [0.5, 0.6) is 11.5 Å². The summed E-state index contributed by atoms with van der Waals surface area (Å²) in [5.41, 5.74) is -1.88. The highest BCUT2D eigenvalue weighted by atomic mass is 16.5. The Morgan fingerprint density at radius 1 is 0.857 bits per heavy atom. The van der Waals surface area contributed by atoms with Gasteiger partial charge in [0.25, 0.3) is 0 Å². The monoisotopic (exact) mass is 378 g/mol. The lowest BCUT2D eigenvalue weighted by molar-refractivity contribution is 0.102. The Balaban J connectivity index is 1.95. The van der Waals surface area contributed by atoms with Gasteiger partial charge in [-0.15, -0.1) is 0 Å². The summed E-state index contributed by atoms with van der Waals surface area (Å²) in [6.45, 7) is 0. The minimum absolute atomic E-state index is 0.0473. The summed E-state index contributed by atoms with van der Waals surface area (Å²) in [5, 5.41) is 0.954. The summed E-state index contributed by atoms with van der Waals surface area (Å²) >= 11 is 0. The highest BCUT2D eigenvalue weighted by Gasteiger charge is 2.26. The normalized spacial score (nSPS) is 10.9. The standard InChI is InChI=1S/C21H14O7/c1-25-12-8-7-11-9-14(20(23)28-16(11)10-12)18(22)17-19(26-2)13-5-3-4-6-15(13)27-21(17)24/h3-10H,1-2H3. The van der Waals surface area contributed by atoms with E-state index in [2.05, 4.69) is 0 Å². The molecule has 140 valence electrons. The third-order valence-electron chi connectivity index (χ3n) is 4.38. The number of fused-ring (bicyclic) bond motifs is 2. The lowest BCUT2D eigenvalue weighted by atomic mass is 10.0. The molecule has 0 saturated carbocycles. The van der Waals surface area contributed by atoms with E-state index in [0.29, 0.717) is 16.5 Å². The van der Waals surface area contributed by atoms with E-state index in [9.17, 15) is 14.4 Å². The second-order valence-electron chi connectivity index (χ2n) is 5.97. The highest BCUT2D eigenvalue weighted by Crippen LogP contribution is 2.29. The molecule has 2 heterocycles. The minimum Gasteiger partial charge on any atom is -0.497 e. The smallest absolute Gasteiger partial charge is 0.351 e. The second kappa shape index (κ2) is 6.70. The van der Waals surface area contributed by atoms with Gasteiger partial charge in [-0.2, -0.15) is 0 Å².